The van der Waals surface area contributed by atoms with Crippen molar-refractivity contribution in [2.45, 2.75) is 0 Å². The lowest BCUT2D eigenvalue weighted by Gasteiger charge is -2.01. The van der Waals surface area contributed by atoms with Gasteiger partial charge >= 0.3 is 5.69 Å². The SMILES string of the molecule is N#Cc1cnc(Nc2ccc3[nH]c(=O)[nH]c3c2)s1. The Bertz CT molecular complexity index is 807. The molecule has 2 heterocycles. The second-order valence-corrected chi connectivity index (χ2v) is 4.64. The van der Waals surface area contributed by atoms with Crippen LogP contribution >= 0.6 is 11.3 Å². The van der Waals surface area contributed by atoms with Gasteiger partial charge in [-0.1, -0.05) is 11.3 Å². The van der Waals surface area contributed by atoms with E-state index in [1.807, 2.05) is 12.1 Å². The van der Waals surface area contributed by atoms with E-state index in [4.69, 9.17) is 5.26 Å². The van der Waals surface area contributed by atoms with E-state index in [0.717, 1.165) is 16.7 Å². The van der Waals surface area contributed by atoms with E-state index in [9.17, 15) is 4.79 Å². The Morgan fingerprint density at radius 2 is 2.17 bits per heavy atom. The minimum Gasteiger partial charge on any atom is -0.331 e. The number of imidazole rings is 1. The summed E-state index contributed by atoms with van der Waals surface area (Å²) in [4.78, 5) is 21.1. The van der Waals surface area contributed by atoms with Gasteiger partial charge < -0.3 is 15.3 Å². The van der Waals surface area contributed by atoms with E-state index in [1.165, 1.54) is 17.5 Å². The molecule has 0 saturated heterocycles. The fourth-order valence-electron chi connectivity index (χ4n) is 1.62. The molecule has 0 amide bonds. The lowest BCUT2D eigenvalue weighted by molar-refractivity contribution is 1.22. The number of thiazole rings is 1. The zero-order chi connectivity index (χ0) is 12.5. The number of fused-ring (bicyclic) bond motifs is 1. The molecule has 0 atom stereocenters. The standard InChI is InChI=1S/C11H7N5OS/c12-4-7-5-13-11(18-7)14-6-1-2-8-9(3-6)16-10(17)15-8/h1-3,5H,(H,13,14)(H2,15,16,17). The summed E-state index contributed by atoms with van der Waals surface area (Å²) >= 11 is 1.28. The number of nitrogens with zero attached hydrogens (tertiary/aromatic N) is 2. The van der Waals surface area contributed by atoms with Crippen LogP contribution in [-0.2, 0) is 0 Å². The first-order valence-corrected chi connectivity index (χ1v) is 5.91. The minimum absolute atomic E-state index is 0.233. The summed E-state index contributed by atoms with van der Waals surface area (Å²) in [6.45, 7) is 0. The van der Waals surface area contributed by atoms with Crippen molar-refractivity contribution in [2.24, 2.45) is 0 Å². The summed E-state index contributed by atoms with van der Waals surface area (Å²) < 4.78 is 0. The molecule has 0 spiro atoms. The average Bonchev–Trinajstić information content (AvgIpc) is 2.94. The second-order valence-electron chi connectivity index (χ2n) is 3.61. The Kier molecular flexibility index (Phi) is 2.35. The quantitative estimate of drug-likeness (QED) is 0.653. The van der Waals surface area contributed by atoms with E-state index in [0.29, 0.717) is 10.0 Å². The molecule has 0 radical (unpaired) electrons. The number of anilines is 2. The van der Waals surface area contributed by atoms with Crippen molar-refractivity contribution < 1.29 is 0 Å². The maximum atomic E-state index is 11.1. The molecule has 0 aliphatic heterocycles. The summed E-state index contributed by atoms with van der Waals surface area (Å²) in [5.74, 6) is 0. The van der Waals surface area contributed by atoms with Crippen LogP contribution in [0.1, 0.15) is 4.88 Å². The maximum absolute atomic E-state index is 11.1. The normalized spacial score (nSPS) is 10.4. The van der Waals surface area contributed by atoms with E-state index in [-0.39, 0.29) is 5.69 Å². The van der Waals surface area contributed by atoms with Crippen LogP contribution in [0, 0.1) is 11.3 Å². The summed E-state index contributed by atoms with van der Waals surface area (Å²) in [6, 6.07) is 7.47. The van der Waals surface area contributed by atoms with Crippen molar-refractivity contribution in [3.63, 3.8) is 0 Å². The monoisotopic (exact) mass is 257 g/mol. The molecule has 3 aromatic rings. The van der Waals surface area contributed by atoms with Gasteiger partial charge in [-0.05, 0) is 18.2 Å². The smallest absolute Gasteiger partial charge is 0.323 e. The number of rotatable bonds is 2. The highest BCUT2D eigenvalue weighted by Crippen LogP contribution is 2.23. The molecule has 1 aromatic carbocycles. The van der Waals surface area contributed by atoms with Crippen LogP contribution in [0.25, 0.3) is 11.0 Å². The first kappa shape index (κ1) is 10.6. The molecule has 6 nitrogen and oxygen atoms in total. The number of nitriles is 1. The molecule has 0 bridgehead atoms. The van der Waals surface area contributed by atoms with Gasteiger partial charge in [0.2, 0.25) is 0 Å². The molecule has 18 heavy (non-hydrogen) atoms. The zero-order valence-corrected chi connectivity index (χ0v) is 9.84. The topological polar surface area (TPSA) is 97.4 Å². The van der Waals surface area contributed by atoms with E-state index < -0.39 is 0 Å². The molecule has 0 aliphatic carbocycles. The highest BCUT2D eigenvalue weighted by Gasteiger charge is 2.03. The van der Waals surface area contributed by atoms with Crippen LogP contribution in [0.15, 0.2) is 29.2 Å². The van der Waals surface area contributed by atoms with Crippen molar-refractivity contribution in [1.82, 2.24) is 15.0 Å². The number of hydrogen-bond acceptors (Lipinski definition) is 5. The second kappa shape index (κ2) is 4.01. The van der Waals surface area contributed by atoms with Gasteiger partial charge in [0.1, 0.15) is 10.9 Å². The Balaban J connectivity index is 1.94. The van der Waals surface area contributed by atoms with Crippen LogP contribution in [0.4, 0.5) is 10.8 Å². The molecular weight excluding hydrogens is 250 g/mol. The fourth-order valence-corrected chi connectivity index (χ4v) is 2.25. The lowest BCUT2D eigenvalue weighted by Crippen LogP contribution is -1.99. The van der Waals surface area contributed by atoms with Crippen LogP contribution in [0.2, 0.25) is 0 Å². The summed E-state index contributed by atoms with van der Waals surface area (Å²) in [5, 5.41) is 12.4. The number of aromatic amines is 2. The third-order valence-corrected chi connectivity index (χ3v) is 3.20. The molecule has 2 aromatic heterocycles. The van der Waals surface area contributed by atoms with Gasteiger partial charge in [0.25, 0.3) is 0 Å². The number of aromatic nitrogens is 3. The van der Waals surface area contributed by atoms with E-state index in [1.54, 1.807) is 12.1 Å². The first-order chi connectivity index (χ1) is 8.74. The molecule has 3 rings (SSSR count). The highest BCUT2D eigenvalue weighted by molar-refractivity contribution is 7.16. The number of nitrogens with one attached hydrogen (secondary N) is 3. The molecule has 0 fully saturated rings. The Morgan fingerprint density at radius 3 is 2.94 bits per heavy atom. The van der Waals surface area contributed by atoms with Gasteiger partial charge in [-0.3, -0.25) is 0 Å². The highest BCUT2D eigenvalue weighted by atomic mass is 32.1. The third kappa shape index (κ3) is 1.85. The molecule has 0 unspecified atom stereocenters. The lowest BCUT2D eigenvalue weighted by atomic mass is 10.3. The number of benzene rings is 1. The minimum atomic E-state index is -0.233. The van der Waals surface area contributed by atoms with Crippen molar-refractivity contribution in [1.29, 1.82) is 5.26 Å². The van der Waals surface area contributed by atoms with Crippen LogP contribution < -0.4 is 11.0 Å². The number of hydrogen-bond donors (Lipinski definition) is 3. The summed E-state index contributed by atoms with van der Waals surface area (Å²) in [6.07, 6.45) is 1.52. The third-order valence-electron chi connectivity index (χ3n) is 2.38. The van der Waals surface area contributed by atoms with Gasteiger partial charge in [0.15, 0.2) is 5.13 Å². The van der Waals surface area contributed by atoms with Gasteiger partial charge in [-0.25, -0.2) is 9.78 Å². The molecular formula is C11H7N5OS. The van der Waals surface area contributed by atoms with Gasteiger partial charge in [-0.15, -0.1) is 0 Å². The van der Waals surface area contributed by atoms with Crippen LogP contribution in [-0.4, -0.2) is 15.0 Å². The average molecular weight is 257 g/mol. The van der Waals surface area contributed by atoms with Gasteiger partial charge in [0.05, 0.1) is 17.2 Å². The Hall–Kier alpha value is -2.59. The Labute approximate surface area is 105 Å². The van der Waals surface area contributed by atoms with Gasteiger partial charge in [0, 0.05) is 5.69 Å². The zero-order valence-electron chi connectivity index (χ0n) is 9.02. The molecule has 7 heteroatoms. The largest absolute Gasteiger partial charge is 0.331 e. The summed E-state index contributed by atoms with van der Waals surface area (Å²) in [7, 11) is 0. The number of H-pyrrole nitrogens is 2. The summed E-state index contributed by atoms with van der Waals surface area (Å²) in [5.41, 5.74) is 2.05. The van der Waals surface area contributed by atoms with Gasteiger partial charge in [-0.2, -0.15) is 5.26 Å². The molecule has 3 N–H and O–H groups in total. The maximum Gasteiger partial charge on any atom is 0.323 e. The Morgan fingerprint density at radius 1 is 1.33 bits per heavy atom. The molecule has 0 saturated carbocycles. The molecule has 0 aliphatic rings. The van der Waals surface area contributed by atoms with Crippen molar-refractivity contribution >= 4 is 33.2 Å². The first-order valence-electron chi connectivity index (χ1n) is 5.09. The van der Waals surface area contributed by atoms with Crippen LogP contribution in [0.3, 0.4) is 0 Å². The van der Waals surface area contributed by atoms with Crippen molar-refractivity contribution in [3.05, 3.63) is 39.8 Å². The predicted octanol–water partition coefficient (Wildman–Crippen LogP) is 1.93. The van der Waals surface area contributed by atoms with E-state index >= 15 is 0 Å². The van der Waals surface area contributed by atoms with Crippen LogP contribution in [0.5, 0.6) is 0 Å². The van der Waals surface area contributed by atoms with Crippen molar-refractivity contribution in [3.8, 4) is 6.07 Å². The fraction of sp³-hybridized carbons (Fsp3) is 0. The van der Waals surface area contributed by atoms with Crippen molar-refractivity contribution in [2.75, 3.05) is 5.32 Å². The predicted molar refractivity (Wildman–Crippen MR) is 69.0 cm³/mol. The van der Waals surface area contributed by atoms with E-state index in [2.05, 4.69) is 20.3 Å². The molecule has 88 valence electrons.